The number of nitrogens with one attached hydrogen (secondary N) is 2. The number of H-pyrrole nitrogens is 1. The van der Waals surface area contributed by atoms with Gasteiger partial charge in [0.15, 0.2) is 6.61 Å². The van der Waals surface area contributed by atoms with Gasteiger partial charge in [-0.1, -0.05) is 45.9 Å². The highest BCUT2D eigenvalue weighted by Crippen LogP contribution is 2.46. The van der Waals surface area contributed by atoms with Crippen molar-refractivity contribution in [3.63, 3.8) is 0 Å². The Morgan fingerprint density at radius 1 is 1.21 bits per heavy atom. The Morgan fingerprint density at radius 2 is 1.97 bits per heavy atom. The summed E-state index contributed by atoms with van der Waals surface area (Å²) >= 11 is 0. The number of aromatic nitrogens is 1. The average Bonchev–Trinajstić information content (AvgIpc) is 3.25. The number of aromatic amines is 1. The van der Waals surface area contributed by atoms with E-state index in [2.05, 4.69) is 31.1 Å². The first-order valence-corrected chi connectivity index (χ1v) is 11.5. The highest BCUT2D eigenvalue weighted by atomic mass is 16.5. The van der Waals surface area contributed by atoms with Crippen LogP contribution in [0.25, 0.3) is 10.9 Å². The molecule has 33 heavy (non-hydrogen) atoms. The summed E-state index contributed by atoms with van der Waals surface area (Å²) < 4.78 is 5.15. The van der Waals surface area contributed by atoms with E-state index in [-0.39, 0.29) is 23.0 Å². The van der Waals surface area contributed by atoms with Crippen molar-refractivity contribution in [2.24, 2.45) is 11.3 Å². The number of Topliss-reactive ketones (excluding diaryl/α,β-unsaturated/α-hetero) is 1. The molecule has 8 heteroatoms. The summed E-state index contributed by atoms with van der Waals surface area (Å²) in [7, 11) is 0. The van der Waals surface area contributed by atoms with Crippen molar-refractivity contribution >= 4 is 34.6 Å². The van der Waals surface area contributed by atoms with Gasteiger partial charge >= 0.3 is 12.0 Å². The van der Waals surface area contributed by atoms with E-state index in [9.17, 15) is 19.2 Å². The second kappa shape index (κ2) is 8.32. The summed E-state index contributed by atoms with van der Waals surface area (Å²) in [5.41, 5.74) is 1.36. The maximum Gasteiger partial charge on any atom is 0.326 e. The van der Waals surface area contributed by atoms with E-state index in [1.165, 1.54) is 0 Å². The lowest BCUT2D eigenvalue weighted by Crippen LogP contribution is -2.54. The molecule has 1 aromatic carbocycles. The standard InChI is InChI=1S/C25H31N3O5/c1-5-16-7-6-8-17-18(11-26-21(16)17)19(29)13-33-20(30)12-28-22(31)25(27-23(28)32)10-15(2)9-24(3,4)14-25/h6-8,11,15,26H,5,9-10,12-14H2,1-4H3,(H,27,32). The van der Waals surface area contributed by atoms with E-state index in [1.54, 1.807) is 6.20 Å². The Balaban J connectivity index is 1.40. The number of urea groups is 1. The summed E-state index contributed by atoms with van der Waals surface area (Å²) in [6.07, 6.45) is 4.48. The lowest BCUT2D eigenvalue weighted by molar-refractivity contribution is -0.147. The van der Waals surface area contributed by atoms with E-state index in [0.717, 1.165) is 34.2 Å². The third-order valence-corrected chi connectivity index (χ3v) is 6.76. The maximum atomic E-state index is 13.2. The third kappa shape index (κ3) is 4.26. The summed E-state index contributed by atoms with van der Waals surface area (Å²) in [5, 5.41) is 3.62. The van der Waals surface area contributed by atoms with Crippen LogP contribution in [-0.2, 0) is 20.7 Å². The lowest BCUT2D eigenvalue weighted by atomic mass is 9.64. The SMILES string of the molecule is CCc1cccc2c(C(=O)COC(=O)CN3C(=O)NC4(CC(C)CC(C)(C)C4)C3=O)c[nH]c12. The van der Waals surface area contributed by atoms with Crippen molar-refractivity contribution in [2.45, 2.75) is 58.9 Å². The Morgan fingerprint density at radius 3 is 2.67 bits per heavy atom. The molecule has 2 aliphatic rings. The molecular formula is C25H31N3O5. The molecule has 2 heterocycles. The van der Waals surface area contributed by atoms with Gasteiger partial charge in [-0.15, -0.1) is 0 Å². The van der Waals surface area contributed by atoms with Crippen molar-refractivity contribution in [1.82, 2.24) is 15.2 Å². The summed E-state index contributed by atoms with van der Waals surface area (Å²) in [5.74, 6) is -1.26. The van der Waals surface area contributed by atoms with Gasteiger partial charge in [-0.05, 0) is 42.6 Å². The molecule has 1 spiro atoms. The lowest BCUT2D eigenvalue weighted by Gasteiger charge is -2.43. The summed E-state index contributed by atoms with van der Waals surface area (Å²) in [6.45, 7) is 7.30. The van der Waals surface area contributed by atoms with Gasteiger partial charge < -0.3 is 15.0 Å². The predicted molar refractivity (Wildman–Crippen MR) is 123 cm³/mol. The molecule has 1 saturated carbocycles. The number of ether oxygens (including phenoxy) is 1. The molecule has 1 saturated heterocycles. The third-order valence-electron chi connectivity index (χ3n) is 6.76. The Hall–Kier alpha value is -3.16. The molecule has 1 aliphatic carbocycles. The average molecular weight is 454 g/mol. The van der Waals surface area contributed by atoms with E-state index < -0.39 is 30.7 Å². The number of esters is 1. The number of hydrogen-bond acceptors (Lipinski definition) is 5. The molecule has 8 nitrogen and oxygen atoms in total. The first-order chi connectivity index (χ1) is 15.5. The van der Waals surface area contributed by atoms with Crippen LogP contribution in [0.4, 0.5) is 4.79 Å². The van der Waals surface area contributed by atoms with E-state index in [0.29, 0.717) is 18.4 Å². The topological polar surface area (TPSA) is 109 Å². The van der Waals surface area contributed by atoms with Gasteiger partial charge in [-0.25, -0.2) is 4.79 Å². The number of carbonyl (C=O) groups excluding carboxylic acids is 4. The second-order valence-electron chi connectivity index (χ2n) is 10.2. The van der Waals surface area contributed by atoms with Crippen LogP contribution >= 0.6 is 0 Å². The quantitative estimate of drug-likeness (QED) is 0.395. The van der Waals surface area contributed by atoms with Crippen LogP contribution in [0.2, 0.25) is 0 Å². The van der Waals surface area contributed by atoms with Crippen LogP contribution in [-0.4, -0.2) is 52.3 Å². The molecule has 1 aromatic heterocycles. The highest BCUT2D eigenvalue weighted by Gasteiger charge is 2.56. The molecule has 0 bridgehead atoms. The van der Waals surface area contributed by atoms with E-state index in [4.69, 9.17) is 4.74 Å². The monoisotopic (exact) mass is 453 g/mol. The van der Waals surface area contributed by atoms with Gasteiger partial charge in [0.25, 0.3) is 5.91 Å². The predicted octanol–water partition coefficient (Wildman–Crippen LogP) is 3.59. The Kier molecular flexibility index (Phi) is 5.80. The fraction of sp³-hybridized carbons (Fsp3) is 0.520. The molecule has 3 amide bonds. The number of imide groups is 1. The van der Waals surface area contributed by atoms with Gasteiger partial charge in [-0.2, -0.15) is 0 Å². The van der Waals surface area contributed by atoms with E-state index >= 15 is 0 Å². The first-order valence-electron chi connectivity index (χ1n) is 11.5. The number of hydrogen-bond donors (Lipinski definition) is 2. The van der Waals surface area contributed by atoms with Crippen LogP contribution < -0.4 is 5.32 Å². The molecule has 2 atom stereocenters. The largest absolute Gasteiger partial charge is 0.456 e. The molecule has 2 fully saturated rings. The van der Waals surface area contributed by atoms with Crippen LogP contribution in [0.3, 0.4) is 0 Å². The summed E-state index contributed by atoms with van der Waals surface area (Å²) in [4.78, 5) is 54.9. The maximum absolute atomic E-state index is 13.2. The highest BCUT2D eigenvalue weighted by molar-refractivity contribution is 6.10. The number of fused-ring (bicyclic) bond motifs is 1. The van der Waals surface area contributed by atoms with Crippen LogP contribution in [0.5, 0.6) is 0 Å². The van der Waals surface area contributed by atoms with Gasteiger partial charge in [0.05, 0.1) is 0 Å². The second-order valence-corrected chi connectivity index (χ2v) is 10.2. The molecular weight excluding hydrogens is 422 g/mol. The Bertz CT molecular complexity index is 1130. The van der Waals surface area contributed by atoms with Crippen LogP contribution in [0.1, 0.15) is 62.9 Å². The van der Waals surface area contributed by atoms with Crippen LogP contribution in [0, 0.1) is 11.3 Å². The van der Waals surface area contributed by atoms with Crippen molar-refractivity contribution in [3.05, 3.63) is 35.5 Å². The van der Waals surface area contributed by atoms with Gasteiger partial charge in [0.1, 0.15) is 12.1 Å². The zero-order chi connectivity index (χ0) is 24.0. The smallest absolute Gasteiger partial charge is 0.326 e. The number of nitrogens with zero attached hydrogens (tertiary/aromatic N) is 1. The van der Waals surface area contributed by atoms with Gasteiger partial charge in [-0.3, -0.25) is 19.3 Å². The molecule has 1 aliphatic heterocycles. The number of carbonyl (C=O) groups is 4. The molecule has 4 rings (SSSR count). The molecule has 2 aromatic rings. The van der Waals surface area contributed by atoms with Crippen LogP contribution in [0.15, 0.2) is 24.4 Å². The zero-order valence-electron chi connectivity index (χ0n) is 19.6. The van der Waals surface area contributed by atoms with Crippen molar-refractivity contribution in [3.8, 4) is 0 Å². The van der Waals surface area contributed by atoms with Crippen molar-refractivity contribution in [1.29, 1.82) is 0 Å². The number of benzene rings is 1. The molecule has 2 unspecified atom stereocenters. The number of rotatable bonds is 6. The summed E-state index contributed by atoms with van der Waals surface area (Å²) in [6, 6.07) is 5.14. The molecule has 2 N–H and O–H groups in total. The van der Waals surface area contributed by atoms with Crippen molar-refractivity contribution < 1.29 is 23.9 Å². The number of para-hydroxylation sites is 1. The van der Waals surface area contributed by atoms with E-state index in [1.807, 2.05) is 25.1 Å². The number of ketones is 1. The molecule has 0 radical (unpaired) electrons. The first kappa shape index (κ1) is 23.0. The normalized spacial score (nSPS) is 24.4. The zero-order valence-corrected chi connectivity index (χ0v) is 19.6. The molecule has 176 valence electrons. The van der Waals surface area contributed by atoms with Gasteiger partial charge in [0, 0.05) is 22.7 Å². The minimum atomic E-state index is -0.977. The Labute approximate surface area is 193 Å². The number of aryl methyl sites for hydroxylation is 1. The minimum Gasteiger partial charge on any atom is -0.456 e. The van der Waals surface area contributed by atoms with Gasteiger partial charge in [0.2, 0.25) is 5.78 Å². The number of amides is 3. The fourth-order valence-electron chi connectivity index (χ4n) is 5.79. The fourth-order valence-corrected chi connectivity index (χ4v) is 5.79. The van der Waals surface area contributed by atoms with Crippen molar-refractivity contribution in [2.75, 3.05) is 13.2 Å². The minimum absolute atomic E-state index is 0.0967.